The van der Waals surface area contributed by atoms with Crippen molar-refractivity contribution in [3.05, 3.63) is 45.4 Å². The van der Waals surface area contributed by atoms with Crippen LogP contribution in [0.5, 0.6) is 0 Å². The molecule has 0 amide bonds. The van der Waals surface area contributed by atoms with Crippen LogP contribution in [0.2, 0.25) is 0 Å². The maximum absolute atomic E-state index is 12.9. The fourth-order valence-electron chi connectivity index (χ4n) is 2.74. The molecule has 0 fully saturated rings. The van der Waals surface area contributed by atoms with Gasteiger partial charge in [-0.25, -0.2) is 4.98 Å². The number of hydrogen-bond acceptors (Lipinski definition) is 4. The molecule has 2 aromatic rings. The van der Waals surface area contributed by atoms with Gasteiger partial charge >= 0.3 is 0 Å². The highest BCUT2D eigenvalue weighted by molar-refractivity contribution is 8.00. The Hall–Kier alpha value is -1.20. The molecule has 3 nitrogen and oxygen atoms in total. The molecule has 5 heteroatoms. The number of rotatable bonds is 2. The highest BCUT2D eigenvalue weighted by Crippen LogP contribution is 2.34. The second-order valence-corrected chi connectivity index (χ2v) is 7.72. The van der Waals surface area contributed by atoms with Gasteiger partial charge in [0.2, 0.25) is 0 Å². The van der Waals surface area contributed by atoms with Crippen LogP contribution < -0.4 is 5.56 Å². The SMILES string of the molecule is CSc1nc2c(c(=O)n1-c1cc(C)cc(C)c1)S[C@@H](C)C2. The molecular formula is C16H18N2OS2. The average molecular weight is 318 g/mol. The first kappa shape index (κ1) is 14.7. The minimum Gasteiger partial charge on any atom is -0.268 e. The van der Waals surface area contributed by atoms with Gasteiger partial charge in [0.15, 0.2) is 5.16 Å². The van der Waals surface area contributed by atoms with E-state index < -0.39 is 0 Å². The Kier molecular flexibility index (Phi) is 3.88. The molecule has 3 rings (SSSR count). The molecule has 21 heavy (non-hydrogen) atoms. The first-order valence-electron chi connectivity index (χ1n) is 6.95. The summed E-state index contributed by atoms with van der Waals surface area (Å²) in [5.41, 5.74) is 4.26. The molecule has 0 N–H and O–H groups in total. The topological polar surface area (TPSA) is 34.9 Å². The standard InChI is InChI=1S/C16H18N2OS2/c1-9-5-10(2)7-12(6-9)18-15(19)14-13(8-11(3)21-14)17-16(18)20-4/h5-7,11H,8H2,1-4H3/t11-/m0/s1. The van der Waals surface area contributed by atoms with Crippen molar-refractivity contribution in [3.63, 3.8) is 0 Å². The third kappa shape index (κ3) is 2.64. The molecule has 0 unspecified atom stereocenters. The van der Waals surface area contributed by atoms with Crippen LogP contribution in [0.4, 0.5) is 0 Å². The van der Waals surface area contributed by atoms with Crippen molar-refractivity contribution in [3.8, 4) is 5.69 Å². The van der Waals surface area contributed by atoms with Gasteiger partial charge in [-0.1, -0.05) is 24.8 Å². The first-order valence-corrected chi connectivity index (χ1v) is 9.05. The van der Waals surface area contributed by atoms with Crippen molar-refractivity contribution >= 4 is 23.5 Å². The van der Waals surface area contributed by atoms with Gasteiger partial charge in [-0.05, 0) is 43.4 Å². The van der Waals surface area contributed by atoms with Crippen molar-refractivity contribution in [2.24, 2.45) is 0 Å². The number of aryl methyl sites for hydroxylation is 2. The van der Waals surface area contributed by atoms with E-state index in [9.17, 15) is 4.79 Å². The van der Waals surface area contributed by atoms with E-state index in [0.717, 1.165) is 39.0 Å². The van der Waals surface area contributed by atoms with Crippen molar-refractivity contribution in [1.82, 2.24) is 9.55 Å². The summed E-state index contributed by atoms with van der Waals surface area (Å²) in [5.74, 6) is 0. The molecule has 1 aromatic carbocycles. The number of benzene rings is 1. The van der Waals surface area contributed by atoms with Crippen LogP contribution in [0.3, 0.4) is 0 Å². The third-order valence-corrected chi connectivity index (χ3v) is 5.38. The van der Waals surface area contributed by atoms with Crippen LogP contribution in [0.25, 0.3) is 5.69 Å². The largest absolute Gasteiger partial charge is 0.272 e. The van der Waals surface area contributed by atoms with Crippen LogP contribution in [0, 0.1) is 13.8 Å². The minimum atomic E-state index is 0.0729. The Bertz CT molecular complexity index is 747. The highest BCUT2D eigenvalue weighted by atomic mass is 32.2. The van der Waals surface area contributed by atoms with E-state index in [1.807, 2.05) is 18.4 Å². The molecule has 0 saturated carbocycles. The van der Waals surface area contributed by atoms with Gasteiger partial charge in [0.25, 0.3) is 5.56 Å². The molecule has 1 atom stereocenters. The summed E-state index contributed by atoms with van der Waals surface area (Å²) in [7, 11) is 0. The Morgan fingerprint density at radius 3 is 2.57 bits per heavy atom. The molecule has 0 saturated heterocycles. The predicted molar refractivity (Wildman–Crippen MR) is 90.1 cm³/mol. The van der Waals surface area contributed by atoms with Gasteiger partial charge in [0.05, 0.1) is 16.3 Å². The fourth-order valence-corrected chi connectivity index (χ4v) is 4.42. The molecule has 0 radical (unpaired) electrons. The van der Waals surface area contributed by atoms with Gasteiger partial charge < -0.3 is 0 Å². The molecule has 1 aromatic heterocycles. The second-order valence-electron chi connectivity index (χ2n) is 5.49. The molecule has 2 heterocycles. The Morgan fingerprint density at radius 2 is 1.95 bits per heavy atom. The van der Waals surface area contributed by atoms with Crippen LogP contribution in [-0.4, -0.2) is 21.1 Å². The smallest absolute Gasteiger partial charge is 0.268 e. The van der Waals surface area contributed by atoms with Gasteiger partial charge in [0, 0.05) is 11.7 Å². The molecule has 0 aliphatic carbocycles. The minimum absolute atomic E-state index is 0.0729. The van der Waals surface area contributed by atoms with E-state index in [2.05, 4.69) is 26.8 Å². The van der Waals surface area contributed by atoms with Gasteiger partial charge in [-0.15, -0.1) is 11.8 Å². The number of hydrogen-bond donors (Lipinski definition) is 0. The summed E-state index contributed by atoms with van der Waals surface area (Å²) >= 11 is 3.17. The fraction of sp³-hybridized carbons (Fsp3) is 0.375. The Balaban J connectivity index is 2.27. The van der Waals surface area contributed by atoms with Crippen LogP contribution in [0.15, 0.2) is 33.0 Å². The van der Waals surface area contributed by atoms with Crippen molar-refractivity contribution in [2.75, 3.05) is 6.26 Å². The number of thioether (sulfide) groups is 2. The Morgan fingerprint density at radius 1 is 1.29 bits per heavy atom. The second kappa shape index (κ2) is 5.54. The van der Waals surface area contributed by atoms with Gasteiger partial charge in [0.1, 0.15) is 0 Å². The van der Waals surface area contributed by atoms with Gasteiger partial charge in [-0.2, -0.15) is 0 Å². The molecule has 110 valence electrons. The lowest BCUT2D eigenvalue weighted by Crippen LogP contribution is -2.23. The molecule has 0 bridgehead atoms. The lowest BCUT2D eigenvalue weighted by atomic mass is 10.1. The van der Waals surface area contributed by atoms with Gasteiger partial charge in [-0.3, -0.25) is 9.36 Å². The maximum atomic E-state index is 12.9. The number of fused-ring (bicyclic) bond motifs is 1. The number of aromatic nitrogens is 2. The quantitative estimate of drug-likeness (QED) is 0.626. The predicted octanol–water partition coefficient (Wildman–Crippen LogP) is 3.61. The van der Waals surface area contributed by atoms with E-state index in [-0.39, 0.29) is 5.56 Å². The maximum Gasteiger partial charge on any atom is 0.272 e. The van der Waals surface area contributed by atoms with E-state index in [1.165, 1.54) is 11.8 Å². The summed E-state index contributed by atoms with van der Waals surface area (Å²) in [6.45, 7) is 6.25. The van der Waals surface area contributed by atoms with E-state index >= 15 is 0 Å². The monoisotopic (exact) mass is 318 g/mol. The lowest BCUT2D eigenvalue weighted by Gasteiger charge is -2.13. The highest BCUT2D eigenvalue weighted by Gasteiger charge is 2.26. The molecule has 0 spiro atoms. The van der Waals surface area contributed by atoms with Crippen molar-refractivity contribution < 1.29 is 0 Å². The third-order valence-electron chi connectivity index (χ3n) is 3.53. The lowest BCUT2D eigenvalue weighted by molar-refractivity contribution is 0.731. The molecular weight excluding hydrogens is 300 g/mol. The van der Waals surface area contributed by atoms with Crippen LogP contribution >= 0.6 is 23.5 Å². The number of nitrogens with zero attached hydrogens (tertiary/aromatic N) is 2. The van der Waals surface area contributed by atoms with E-state index in [0.29, 0.717) is 5.25 Å². The zero-order valence-electron chi connectivity index (χ0n) is 12.6. The summed E-state index contributed by atoms with van der Waals surface area (Å²) in [6, 6.07) is 6.21. The summed E-state index contributed by atoms with van der Waals surface area (Å²) < 4.78 is 1.76. The van der Waals surface area contributed by atoms with Crippen LogP contribution in [0.1, 0.15) is 23.7 Å². The summed E-state index contributed by atoms with van der Waals surface area (Å²) in [5, 5.41) is 1.21. The van der Waals surface area contributed by atoms with E-state index in [4.69, 9.17) is 4.98 Å². The zero-order chi connectivity index (χ0) is 15.1. The molecule has 1 aliphatic heterocycles. The summed E-state index contributed by atoms with van der Waals surface area (Å²) in [4.78, 5) is 18.4. The molecule has 1 aliphatic rings. The zero-order valence-corrected chi connectivity index (χ0v) is 14.3. The average Bonchev–Trinajstić information content (AvgIpc) is 2.78. The van der Waals surface area contributed by atoms with E-state index in [1.54, 1.807) is 16.3 Å². The van der Waals surface area contributed by atoms with Crippen molar-refractivity contribution in [1.29, 1.82) is 0 Å². The van der Waals surface area contributed by atoms with Crippen LogP contribution in [-0.2, 0) is 6.42 Å². The van der Waals surface area contributed by atoms with Crippen molar-refractivity contribution in [2.45, 2.75) is 42.5 Å². The Labute approximate surface area is 133 Å². The summed E-state index contributed by atoms with van der Waals surface area (Å²) in [6.07, 6.45) is 2.86. The first-order chi connectivity index (χ1) is 9.99. The normalized spacial score (nSPS) is 17.0.